The molecule has 0 heterocycles. The summed E-state index contributed by atoms with van der Waals surface area (Å²) < 4.78 is 0. The minimum Gasteiger partial charge on any atom is -0.390 e. The number of nitrogens with zero attached hydrogens (tertiary/aromatic N) is 1. The van der Waals surface area contributed by atoms with Gasteiger partial charge in [-0.25, -0.2) is 0 Å². The summed E-state index contributed by atoms with van der Waals surface area (Å²) in [5.41, 5.74) is 8.25. The lowest BCUT2D eigenvalue weighted by atomic mass is 9.96. The summed E-state index contributed by atoms with van der Waals surface area (Å²) >= 11 is 0. The van der Waals surface area contributed by atoms with Gasteiger partial charge in [-0.05, 0) is 73.4 Å². The molecule has 0 spiro atoms. The standard InChI is InChI=1S/C33H50N4O4/c1-7-15-37(16-8-2)33(41)28-19-26(31(34)39)18-27(20-28)32(40)36-29(30(38)21-35-14-13-22(3)4)17-24-9-11-25(12-10-24)23(5)6/h9-12,18-20,22-23,29-30,35,38H,7-8,13-17,21H2,1-6H3,(H2,34,39)(H,36,40)/t29-,30+/m0/s1. The fraction of sp³-hybridized carbons (Fsp3) is 0.545. The first-order chi connectivity index (χ1) is 19.5. The summed E-state index contributed by atoms with van der Waals surface area (Å²) in [6, 6.07) is 11.9. The Balaban J connectivity index is 2.35. The largest absolute Gasteiger partial charge is 0.390 e. The van der Waals surface area contributed by atoms with Gasteiger partial charge in [-0.3, -0.25) is 14.4 Å². The maximum absolute atomic E-state index is 13.6. The van der Waals surface area contributed by atoms with Crippen molar-refractivity contribution >= 4 is 17.7 Å². The number of carbonyl (C=O) groups excluding carboxylic acids is 3. The van der Waals surface area contributed by atoms with Gasteiger partial charge in [-0.15, -0.1) is 0 Å². The molecule has 0 aliphatic rings. The maximum atomic E-state index is 13.6. The van der Waals surface area contributed by atoms with Gasteiger partial charge < -0.3 is 26.4 Å². The number of amides is 3. The van der Waals surface area contributed by atoms with Crippen LogP contribution in [-0.2, 0) is 6.42 Å². The molecule has 2 atom stereocenters. The second kappa shape index (κ2) is 16.9. The molecule has 8 heteroatoms. The van der Waals surface area contributed by atoms with Gasteiger partial charge in [0.1, 0.15) is 0 Å². The van der Waals surface area contributed by atoms with Crippen LogP contribution in [0.1, 0.15) is 109 Å². The highest BCUT2D eigenvalue weighted by Gasteiger charge is 2.25. The predicted octanol–water partition coefficient (Wildman–Crippen LogP) is 4.51. The van der Waals surface area contributed by atoms with Gasteiger partial charge in [-0.1, -0.05) is 65.8 Å². The number of aliphatic hydroxyl groups is 1. The molecule has 226 valence electrons. The lowest BCUT2D eigenvalue weighted by Crippen LogP contribution is -2.49. The molecule has 0 bridgehead atoms. The van der Waals surface area contributed by atoms with E-state index >= 15 is 0 Å². The number of carbonyl (C=O) groups is 3. The fourth-order valence-corrected chi connectivity index (χ4v) is 4.67. The minimum absolute atomic E-state index is 0.0886. The topological polar surface area (TPSA) is 125 Å². The molecule has 2 aromatic rings. The average molecular weight is 567 g/mol. The van der Waals surface area contributed by atoms with E-state index in [1.165, 1.54) is 23.8 Å². The van der Waals surface area contributed by atoms with E-state index in [0.717, 1.165) is 31.4 Å². The van der Waals surface area contributed by atoms with Crippen molar-refractivity contribution in [1.29, 1.82) is 0 Å². The molecule has 2 rings (SSSR count). The van der Waals surface area contributed by atoms with Crippen LogP contribution in [-0.4, -0.2) is 66.1 Å². The molecule has 0 radical (unpaired) electrons. The third-order valence-electron chi connectivity index (χ3n) is 7.14. The number of hydrogen-bond acceptors (Lipinski definition) is 5. The number of hydrogen-bond donors (Lipinski definition) is 4. The molecule has 8 nitrogen and oxygen atoms in total. The lowest BCUT2D eigenvalue weighted by molar-refractivity contribution is 0.0755. The number of aliphatic hydroxyl groups excluding tert-OH is 1. The number of rotatable bonds is 17. The molecule has 0 unspecified atom stereocenters. The first-order valence-electron chi connectivity index (χ1n) is 15.0. The maximum Gasteiger partial charge on any atom is 0.253 e. The Labute approximate surface area is 246 Å². The van der Waals surface area contributed by atoms with Gasteiger partial charge in [0.2, 0.25) is 5.91 Å². The van der Waals surface area contributed by atoms with Crippen LogP contribution >= 0.6 is 0 Å². The zero-order chi connectivity index (χ0) is 30.5. The third-order valence-corrected chi connectivity index (χ3v) is 7.14. The zero-order valence-electron chi connectivity index (χ0n) is 25.7. The van der Waals surface area contributed by atoms with Crippen LogP contribution < -0.4 is 16.4 Å². The van der Waals surface area contributed by atoms with Gasteiger partial charge in [-0.2, -0.15) is 0 Å². The fourth-order valence-electron chi connectivity index (χ4n) is 4.67. The molecule has 0 aliphatic carbocycles. The van der Waals surface area contributed by atoms with Crippen molar-refractivity contribution in [2.75, 3.05) is 26.2 Å². The summed E-state index contributed by atoms with van der Waals surface area (Å²) in [6.07, 6.45) is 2.11. The number of nitrogens with one attached hydrogen (secondary N) is 2. The van der Waals surface area contributed by atoms with Crippen molar-refractivity contribution in [1.82, 2.24) is 15.5 Å². The summed E-state index contributed by atoms with van der Waals surface area (Å²) in [5.74, 6) is -0.515. The van der Waals surface area contributed by atoms with Crippen LogP contribution in [0, 0.1) is 5.92 Å². The second-order valence-electron chi connectivity index (χ2n) is 11.6. The van der Waals surface area contributed by atoms with Crippen LogP contribution in [0.5, 0.6) is 0 Å². The van der Waals surface area contributed by atoms with E-state index in [0.29, 0.717) is 37.9 Å². The van der Waals surface area contributed by atoms with Crippen LogP contribution in [0.3, 0.4) is 0 Å². The molecule has 3 amide bonds. The SMILES string of the molecule is CCCN(CCC)C(=O)c1cc(C(N)=O)cc(C(=O)N[C@@H](Cc2ccc(C(C)C)cc2)[C@H](O)CNCCC(C)C)c1. The second-order valence-corrected chi connectivity index (χ2v) is 11.6. The van der Waals surface area contributed by atoms with Crippen LogP contribution in [0.15, 0.2) is 42.5 Å². The van der Waals surface area contributed by atoms with Crippen molar-refractivity contribution in [3.8, 4) is 0 Å². The van der Waals surface area contributed by atoms with Crippen LogP contribution in [0.25, 0.3) is 0 Å². The van der Waals surface area contributed by atoms with Gasteiger partial charge in [0.05, 0.1) is 12.1 Å². The summed E-state index contributed by atoms with van der Waals surface area (Å²) in [6.45, 7) is 14.8. The zero-order valence-corrected chi connectivity index (χ0v) is 25.7. The van der Waals surface area contributed by atoms with Gasteiger partial charge >= 0.3 is 0 Å². The van der Waals surface area contributed by atoms with Crippen molar-refractivity contribution < 1.29 is 19.5 Å². The van der Waals surface area contributed by atoms with Crippen LogP contribution in [0.2, 0.25) is 0 Å². The first-order valence-corrected chi connectivity index (χ1v) is 15.0. The highest BCUT2D eigenvalue weighted by atomic mass is 16.3. The monoisotopic (exact) mass is 566 g/mol. The number of primary amides is 1. The highest BCUT2D eigenvalue weighted by molar-refractivity contribution is 6.04. The first kappa shape index (κ1) is 34.0. The normalized spacial score (nSPS) is 12.8. The summed E-state index contributed by atoms with van der Waals surface area (Å²) in [4.78, 5) is 40.7. The van der Waals surface area contributed by atoms with E-state index in [1.54, 1.807) is 4.90 Å². The van der Waals surface area contributed by atoms with Crippen molar-refractivity contribution in [2.24, 2.45) is 11.7 Å². The van der Waals surface area contributed by atoms with E-state index < -0.39 is 24.0 Å². The van der Waals surface area contributed by atoms with Gasteiger partial charge in [0.25, 0.3) is 11.8 Å². The lowest BCUT2D eigenvalue weighted by Gasteiger charge is -2.26. The van der Waals surface area contributed by atoms with Crippen molar-refractivity contribution in [3.63, 3.8) is 0 Å². The number of nitrogens with two attached hydrogens (primary N) is 1. The molecule has 0 fully saturated rings. The molecule has 5 N–H and O–H groups in total. The molecule has 41 heavy (non-hydrogen) atoms. The summed E-state index contributed by atoms with van der Waals surface area (Å²) in [7, 11) is 0. The van der Waals surface area contributed by atoms with Gasteiger partial charge in [0, 0.05) is 36.3 Å². The van der Waals surface area contributed by atoms with E-state index in [4.69, 9.17) is 5.73 Å². The molecular formula is C33H50N4O4. The Morgan fingerprint density at radius 1 is 0.902 bits per heavy atom. The average Bonchev–Trinajstić information content (AvgIpc) is 2.94. The Kier molecular flexibility index (Phi) is 14.0. The molecule has 0 saturated heterocycles. The molecule has 0 saturated carbocycles. The third kappa shape index (κ3) is 10.9. The molecule has 2 aromatic carbocycles. The Morgan fingerprint density at radius 2 is 1.49 bits per heavy atom. The van der Waals surface area contributed by atoms with Crippen molar-refractivity contribution in [2.45, 2.75) is 85.3 Å². The van der Waals surface area contributed by atoms with Crippen molar-refractivity contribution in [3.05, 3.63) is 70.3 Å². The Hall–Kier alpha value is -3.23. The highest BCUT2D eigenvalue weighted by Crippen LogP contribution is 2.18. The Bertz CT molecular complexity index is 1120. The molecular weight excluding hydrogens is 516 g/mol. The van der Waals surface area contributed by atoms with Crippen LogP contribution in [0.4, 0.5) is 0 Å². The smallest absolute Gasteiger partial charge is 0.253 e. The molecule has 0 aromatic heterocycles. The summed E-state index contributed by atoms with van der Waals surface area (Å²) in [5, 5.41) is 17.4. The molecule has 0 aliphatic heterocycles. The van der Waals surface area contributed by atoms with Gasteiger partial charge in [0.15, 0.2) is 0 Å². The Morgan fingerprint density at radius 3 is 2.02 bits per heavy atom. The minimum atomic E-state index is -0.860. The van der Waals surface area contributed by atoms with E-state index in [2.05, 4.69) is 50.5 Å². The van der Waals surface area contributed by atoms with E-state index in [9.17, 15) is 19.5 Å². The number of benzene rings is 2. The predicted molar refractivity (Wildman–Crippen MR) is 165 cm³/mol. The quantitative estimate of drug-likeness (QED) is 0.210. The van der Waals surface area contributed by atoms with E-state index in [-0.39, 0.29) is 22.6 Å². The van der Waals surface area contributed by atoms with E-state index in [1.807, 2.05) is 26.0 Å².